The zero-order chi connectivity index (χ0) is 41.8. The molecule has 4 aromatic carbocycles. The Bertz CT molecular complexity index is 1990. The summed E-state index contributed by atoms with van der Waals surface area (Å²) in [6.07, 6.45) is 0. The molecule has 12 nitrogen and oxygen atoms in total. The van der Waals surface area contributed by atoms with Gasteiger partial charge in [-0.15, -0.1) is 24.8 Å². The second-order valence-electron chi connectivity index (χ2n) is 15.5. The largest absolute Gasteiger partial charge is 0.487 e. The topological polar surface area (TPSA) is 135 Å². The number of nitro benzene ring substituents is 1. The monoisotopic (exact) mass is 872 g/mol. The Morgan fingerprint density at radius 2 is 1.02 bits per heavy atom. The number of halogens is 4. The summed E-state index contributed by atoms with van der Waals surface area (Å²) in [5, 5.41) is 11.5. The minimum Gasteiger partial charge on any atom is -0.487 e. The minimum atomic E-state index is -0.558. The van der Waals surface area contributed by atoms with Gasteiger partial charge in [-0.05, 0) is 77.6 Å². The summed E-state index contributed by atoms with van der Waals surface area (Å²) in [5.74, 6) is 0.925. The maximum Gasteiger partial charge on any atom is 0.311 e. The summed E-state index contributed by atoms with van der Waals surface area (Å²) in [6.45, 7) is 17.2. The third kappa shape index (κ3) is 14.6. The Balaban J connectivity index is 0.000000311. The molecule has 0 aromatic heterocycles. The molecule has 0 spiro atoms. The first-order valence-corrected chi connectivity index (χ1v) is 19.7. The highest BCUT2D eigenvalue weighted by Crippen LogP contribution is 2.30. The summed E-state index contributed by atoms with van der Waals surface area (Å²) in [6, 6.07) is 21.2. The third-order valence-corrected chi connectivity index (χ3v) is 9.84. The van der Waals surface area contributed by atoms with Gasteiger partial charge >= 0.3 is 5.69 Å². The number of nitrogen functional groups attached to an aromatic ring is 1. The van der Waals surface area contributed by atoms with Crippen molar-refractivity contribution in [3.05, 3.63) is 129 Å². The second-order valence-corrected chi connectivity index (χ2v) is 15.5. The first-order valence-electron chi connectivity index (χ1n) is 19.7. The molecule has 2 aliphatic heterocycles. The first-order chi connectivity index (χ1) is 27.7. The van der Waals surface area contributed by atoms with E-state index in [1.54, 1.807) is 53.4 Å². The van der Waals surface area contributed by atoms with E-state index < -0.39 is 4.92 Å². The number of piperazine rings is 2. The molecular formula is C44H56Cl2F2N6O6. The molecule has 16 heteroatoms. The highest BCUT2D eigenvalue weighted by molar-refractivity contribution is 5.96. The normalized spacial score (nSPS) is 14.4. The SMILES string of the molecule is CC(C)CN1CCN(C(=O)c2ccc(OCc3ccc(F)cc3)c(N)c2)CC1.CC(C)CN1CCN(C(=O)c2ccc(OCc3ccc(F)cc3)c([N+](=O)[O-])c2)CC1.Cl.Cl. The number of hydrogen-bond acceptors (Lipinski definition) is 9. The van der Waals surface area contributed by atoms with Crippen LogP contribution in [0.4, 0.5) is 20.2 Å². The van der Waals surface area contributed by atoms with Crippen LogP contribution in [0.15, 0.2) is 84.9 Å². The molecule has 2 N–H and O–H groups in total. The van der Waals surface area contributed by atoms with E-state index in [1.807, 2.05) is 4.90 Å². The number of ether oxygens (including phenoxy) is 2. The number of amides is 2. The molecule has 0 saturated carbocycles. The highest BCUT2D eigenvalue weighted by atomic mass is 35.5. The smallest absolute Gasteiger partial charge is 0.311 e. The van der Waals surface area contributed by atoms with Gasteiger partial charge in [0.25, 0.3) is 11.8 Å². The van der Waals surface area contributed by atoms with Gasteiger partial charge < -0.3 is 25.0 Å². The second kappa shape index (κ2) is 23.7. The summed E-state index contributed by atoms with van der Waals surface area (Å²) in [5.41, 5.74) is 8.63. The molecule has 2 fully saturated rings. The fourth-order valence-corrected chi connectivity index (χ4v) is 6.88. The third-order valence-electron chi connectivity index (χ3n) is 9.84. The van der Waals surface area contributed by atoms with Crippen LogP contribution >= 0.6 is 24.8 Å². The molecule has 0 aliphatic carbocycles. The molecule has 326 valence electrons. The van der Waals surface area contributed by atoms with Gasteiger partial charge in [-0.25, -0.2) is 8.78 Å². The maximum absolute atomic E-state index is 13.0. The Morgan fingerprint density at radius 3 is 1.40 bits per heavy atom. The number of hydrogen-bond donors (Lipinski definition) is 1. The van der Waals surface area contributed by atoms with Crippen LogP contribution in [-0.2, 0) is 13.2 Å². The Labute approximate surface area is 363 Å². The van der Waals surface area contributed by atoms with E-state index in [0.29, 0.717) is 47.5 Å². The van der Waals surface area contributed by atoms with Gasteiger partial charge in [0.15, 0.2) is 5.75 Å². The van der Waals surface area contributed by atoms with Gasteiger partial charge in [0.05, 0.1) is 10.6 Å². The van der Waals surface area contributed by atoms with Crippen molar-refractivity contribution in [2.45, 2.75) is 40.9 Å². The molecule has 2 saturated heterocycles. The minimum absolute atomic E-state index is 0. The van der Waals surface area contributed by atoms with Crippen molar-refractivity contribution in [1.29, 1.82) is 0 Å². The van der Waals surface area contributed by atoms with E-state index in [0.717, 1.165) is 57.9 Å². The van der Waals surface area contributed by atoms with E-state index in [1.165, 1.54) is 36.4 Å². The van der Waals surface area contributed by atoms with Gasteiger partial charge in [-0.1, -0.05) is 52.0 Å². The lowest BCUT2D eigenvalue weighted by atomic mass is 10.1. The summed E-state index contributed by atoms with van der Waals surface area (Å²) < 4.78 is 37.2. The van der Waals surface area contributed by atoms with Crippen LogP contribution in [0.5, 0.6) is 11.5 Å². The van der Waals surface area contributed by atoms with Gasteiger partial charge in [0.2, 0.25) is 0 Å². The lowest BCUT2D eigenvalue weighted by Crippen LogP contribution is -2.49. The number of carbonyl (C=O) groups is 2. The zero-order valence-corrected chi connectivity index (χ0v) is 36.2. The quantitative estimate of drug-likeness (QED) is 0.0807. The Morgan fingerprint density at radius 1 is 0.633 bits per heavy atom. The van der Waals surface area contributed by atoms with E-state index in [9.17, 15) is 28.5 Å². The summed E-state index contributed by atoms with van der Waals surface area (Å²) >= 11 is 0. The molecule has 6 rings (SSSR count). The number of benzene rings is 4. The molecule has 0 radical (unpaired) electrons. The molecule has 60 heavy (non-hydrogen) atoms. The fraction of sp³-hybridized carbons (Fsp3) is 0.409. The van der Waals surface area contributed by atoms with Gasteiger partial charge in [0.1, 0.15) is 30.6 Å². The van der Waals surface area contributed by atoms with E-state index in [4.69, 9.17) is 15.2 Å². The predicted molar refractivity (Wildman–Crippen MR) is 234 cm³/mol. The van der Waals surface area contributed by atoms with Crippen LogP contribution in [0.25, 0.3) is 0 Å². The number of nitro groups is 1. The van der Waals surface area contributed by atoms with Gasteiger partial charge in [0, 0.05) is 82.6 Å². The summed E-state index contributed by atoms with van der Waals surface area (Å²) in [7, 11) is 0. The van der Waals surface area contributed by atoms with Crippen LogP contribution in [-0.4, -0.2) is 102 Å². The van der Waals surface area contributed by atoms with Crippen LogP contribution in [0.1, 0.15) is 59.5 Å². The standard InChI is InChI=1S/C22H26FN3O4.C22H28FN3O2.2ClH/c1-16(2)14-24-9-11-25(12-10-24)22(27)18-5-8-21(20(13-18)26(28)29)30-15-17-3-6-19(23)7-4-17;1-16(2)14-25-9-11-26(12-10-25)22(27)18-5-8-21(20(24)13-18)28-15-17-3-6-19(23)7-4-17;;/h3-8,13,16H,9-12,14-15H2,1-2H3;3-8,13,16H,9-12,14-15,24H2,1-2H3;2*1H. The average Bonchev–Trinajstić information content (AvgIpc) is 3.20. The van der Waals surface area contributed by atoms with Crippen molar-refractivity contribution in [1.82, 2.24) is 19.6 Å². The molecular weight excluding hydrogens is 817 g/mol. The van der Waals surface area contributed by atoms with Crippen molar-refractivity contribution >= 4 is 48.0 Å². The van der Waals surface area contributed by atoms with Crippen LogP contribution in [0.2, 0.25) is 0 Å². The molecule has 4 aromatic rings. The predicted octanol–water partition coefficient (Wildman–Crippen LogP) is 7.97. The van der Waals surface area contributed by atoms with Crippen LogP contribution in [0, 0.1) is 33.6 Å². The van der Waals surface area contributed by atoms with Gasteiger partial charge in [-0.3, -0.25) is 29.5 Å². The number of rotatable bonds is 13. The molecule has 0 bridgehead atoms. The van der Waals surface area contributed by atoms with Crippen molar-refractivity contribution in [3.8, 4) is 11.5 Å². The zero-order valence-electron chi connectivity index (χ0n) is 34.6. The maximum atomic E-state index is 13.0. The van der Waals surface area contributed by atoms with Crippen molar-refractivity contribution in [3.63, 3.8) is 0 Å². The fourth-order valence-electron chi connectivity index (χ4n) is 6.88. The lowest BCUT2D eigenvalue weighted by molar-refractivity contribution is -0.386. The first kappa shape index (κ1) is 49.3. The molecule has 2 heterocycles. The summed E-state index contributed by atoms with van der Waals surface area (Å²) in [4.78, 5) is 44.9. The number of nitrogens with two attached hydrogens (primary N) is 1. The Hall–Kier alpha value is -5.02. The van der Waals surface area contributed by atoms with E-state index in [-0.39, 0.29) is 78.5 Å². The van der Waals surface area contributed by atoms with E-state index in [2.05, 4.69) is 37.5 Å². The molecule has 0 atom stereocenters. The van der Waals surface area contributed by atoms with Crippen LogP contribution < -0.4 is 15.2 Å². The molecule has 2 amide bonds. The number of nitrogens with zero attached hydrogens (tertiary/aromatic N) is 5. The van der Waals surface area contributed by atoms with E-state index >= 15 is 0 Å². The van der Waals surface area contributed by atoms with Crippen molar-refractivity contribution in [2.75, 3.05) is 71.2 Å². The van der Waals surface area contributed by atoms with Crippen molar-refractivity contribution < 1.29 is 32.8 Å². The molecule has 0 unspecified atom stereocenters. The Kier molecular flexibility index (Phi) is 19.5. The average molecular weight is 874 g/mol. The highest BCUT2D eigenvalue weighted by Gasteiger charge is 2.26. The number of carbonyl (C=O) groups excluding carboxylic acids is 2. The number of anilines is 1. The molecule has 2 aliphatic rings. The lowest BCUT2D eigenvalue weighted by Gasteiger charge is -2.35. The van der Waals surface area contributed by atoms with Gasteiger partial charge in [-0.2, -0.15) is 0 Å². The van der Waals surface area contributed by atoms with Crippen molar-refractivity contribution in [2.24, 2.45) is 11.8 Å². The van der Waals surface area contributed by atoms with Crippen LogP contribution in [0.3, 0.4) is 0 Å².